The molecular formula is C14H18N4O. The fraction of sp³-hybridized carbons (Fsp3) is 0.286. The molecule has 1 aromatic carbocycles. The van der Waals surface area contributed by atoms with Crippen molar-refractivity contribution in [2.24, 2.45) is 7.05 Å². The van der Waals surface area contributed by atoms with Crippen LogP contribution in [0.3, 0.4) is 0 Å². The second kappa shape index (κ2) is 5.56. The van der Waals surface area contributed by atoms with Crippen LogP contribution in [0.4, 0.5) is 11.4 Å². The Kier molecular flexibility index (Phi) is 3.85. The second-order valence-corrected chi connectivity index (χ2v) is 4.62. The Morgan fingerprint density at radius 3 is 2.53 bits per heavy atom. The van der Waals surface area contributed by atoms with Crippen molar-refractivity contribution in [2.45, 2.75) is 6.42 Å². The number of nitrogens with one attached hydrogen (secondary N) is 1. The summed E-state index contributed by atoms with van der Waals surface area (Å²) in [5, 5.41) is 2.86. The van der Waals surface area contributed by atoms with E-state index in [4.69, 9.17) is 0 Å². The molecule has 1 heterocycles. The third kappa shape index (κ3) is 3.34. The number of carbonyl (C=O) groups excluding carboxylic acids is 1. The zero-order valence-corrected chi connectivity index (χ0v) is 11.4. The van der Waals surface area contributed by atoms with Gasteiger partial charge in [0.1, 0.15) is 5.82 Å². The number of hydrogen-bond acceptors (Lipinski definition) is 3. The van der Waals surface area contributed by atoms with Crippen LogP contribution in [0.2, 0.25) is 0 Å². The van der Waals surface area contributed by atoms with Crippen molar-refractivity contribution >= 4 is 17.3 Å². The Morgan fingerprint density at radius 1 is 1.32 bits per heavy atom. The number of carbonyl (C=O) groups is 1. The standard InChI is InChI=1S/C14H18N4O/c1-17(2)12-6-4-11(5-7-12)16-14(19)10-13-15-8-9-18(13)3/h4-9H,10H2,1-3H3,(H,16,19). The molecule has 0 saturated carbocycles. The van der Waals surface area contributed by atoms with E-state index in [1.165, 1.54) is 0 Å². The summed E-state index contributed by atoms with van der Waals surface area (Å²) in [6.45, 7) is 0. The van der Waals surface area contributed by atoms with E-state index in [9.17, 15) is 4.79 Å². The second-order valence-electron chi connectivity index (χ2n) is 4.62. The van der Waals surface area contributed by atoms with Crippen LogP contribution in [0.1, 0.15) is 5.82 Å². The lowest BCUT2D eigenvalue weighted by molar-refractivity contribution is -0.115. The van der Waals surface area contributed by atoms with Gasteiger partial charge in [0.05, 0.1) is 6.42 Å². The van der Waals surface area contributed by atoms with Crippen molar-refractivity contribution < 1.29 is 4.79 Å². The lowest BCUT2D eigenvalue weighted by Crippen LogP contribution is -2.17. The van der Waals surface area contributed by atoms with Crippen LogP contribution in [0.25, 0.3) is 0 Å². The van der Waals surface area contributed by atoms with Crippen molar-refractivity contribution in [2.75, 3.05) is 24.3 Å². The largest absolute Gasteiger partial charge is 0.378 e. The van der Waals surface area contributed by atoms with Crippen molar-refractivity contribution in [3.8, 4) is 0 Å². The summed E-state index contributed by atoms with van der Waals surface area (Å²) in [4.78, 5) is 18.0. The zero-order chi connectivity index (χ0) is 13.8. The Hall–Kier alpha value is -2.30. The molecule has 5 nitrogen and oxygen atoms in total. The van der Waals surface area contributed by atoms with Crippen molar-refractivity contribution in [3.63, 3.8) is 0 Å². The maximum atomic E-state index is 11.9. The highest BCUT2D eigenvalue weighted by Gasteiger charge is 2.07. The van der Waals surface area contributed by atoms with Crippen molar-refractivity contribution in [1.29, 1.82) is 0 Å². The van der Waals surface area contributed by atoms with Gasteiger partial charge in [0.25, 0.3) is 0 Å². The third-order valence-corrected chi connectivity index (χ3v) is 2.91. The predicted octanol–water partition coefficient (Wildman–Crippen LogP) is 1.67. The van der Waals surface area contributed by atoms with Gasteiger partial charge < -0.3 is 14.8 Å². The molecule has 0 aliphatic rings. The summed E-state index contributed by atoms with van der Waals surface area (Å²) in [5.74, 6) is 0.689. The SMILES string of the molecule is CN(C)c1ccc(NC(=O)Cc2nccn2C)cc1. The van der Waals surface area contributed by atoms with Gasteiger partial charge in [-0.3, -0.25) is 4.79 Å². The number of benzene rings is 1. The van der Waals surface area contributed by atoms with Gasteiger partial charge in [0.15, 0.2) is 0 Å². The molecule has 1 amide bonds. The number of nitrogens with zero attached hydrogens (tertiary/aromatic N) is 3. The van der Waals surface area contributed by atoms with E-state index in [0.717, 1.165) is 17.2 Å². The van der Waals surface area contributed by atoms with Gasteiger partial charge in [-0.1, -0.05) is 0 Å². The van der Waals surface area contributed by atoms with E-state index in [-0.39, 0.29) is 12.3 Å². The number of aromatic nitrogens is 2. The molecule has 100 valence electrons. The van der Waals surface area contributed by atoms with Gasteiger partial charge in [-0.2, -0.15) is 0 Å². The van der Waals surface area contributed by atoms with E-state index in [1.807, 2.05) is 61.1 Å². The Morgan fingerprint density at radius 2 is 2.00 bits per heavy atom. The third-order valence-electron chi connectivity index (χ3n) is 2.91. The highest BCUT2D eigenvalue weighted by Crippen LogP contribution is 2.15. The zero-order valence-electron chi connectivity index (χ0n) is 11.4. The topological polar surface area (TPSA) is 50.2 Å². The van der Waals surface area contributed by atoms with E-state index >= 15 is 0 Å². The maximum absolute atomic E-state index is 11.9. The number of anilines is 2. The van der Waals surface area contributed by atoms with Crippen molar-refractivity contribution in [3.05, 3.63) is 42.5 Å². The van der Waals surface area contributed by atoms with Gasteiger partial charge in [0.2, 0.25) is 5.91 Å². The molecule has 0 aliphatic carbocycles. The molecule has 0 radical (unpaired) electrons. The van der Waals surface area contributed by atoms with Crippen LogP contribution in [0, 0.1) is 0 Å². The molecule has 0 unspecified atom stereocenters. The van der Waals surface area contributed by atoms with E-state index in [1.54, 1.807) is 6.20 Å². The van der Waals surface area contributed by atoms with Gasteiger partial charge in [-0.25, -0.2) is 4.98 Å². The highest BCUT2D eigenvalue weighted by molar-refractivity contribution is 5.92. The number of hydrogen-bond donors (Lipinski definition) is 1. The van der Waals surface area contributed by atoms with Crippen LogP contribution >= 0.6 is 0 Å². The Bertz CT molecular complexity index is 557. The Balaban J connectivity index is 1.97. The summed E-state index contributed by atoms with van der Waals surface area (Å²) < 4.78 is 1.84. The molecule has 0 bridgehead atoms. The summed E-state index contributed by atoms with van der Waals surface area (Å²) >= 11 is 0. The molecule has 19 heavy (non-hydrogen) atoms. The average Bonchev–Trinajstić information content (AvgIpc) is 2.75. The molecule has 0 fully saturated rings. The summed E-state index contributed by atoms with van der Waals surface area (Å²) in [5.41, 5.74) is 1.90. The number of aryl methyl sites for hydroxylation is 1. The lowest BCUT2D eigenvalue weighted by Gasteiger charge is -2.13. The molecule has 2 aromatic rings. The normalized spacial score (nSPS) is 10.3. The van der Waals surface area contributed by atoms with Gasteiger partial charge in [0, 0.05) is 44.9 Å². The predicted molar refractivity (Wildman–Crippen MR) is 76.3 cm³/mol. The van der Waals surface area contributed by atoms with Crippen molar-refractivity contribution in [1.82, 2.24) is 9.55 Å². The van der Waals surface area contributed by atoms with E-state index in [2.05, 4.69) is 10.3 Å². The first-order valence-electron chi connectivity index (χ1n) is 6.09. The van der Waals surface area contributed by atoms with Crippen LogP contribution < -0.4 is 10.2 Å². The van der Waals surface area contributed by atoms with Gasteiger partial charge in [-0.05, 0) is 24.3 Å². The molecule has 2 rings (SSSR count). The molecule has 5 heteroatoms. The summed E-state index contributed by atoms with van der Waals surface area (Å²) in [7, 11) is 5.84. The van der Waals surface area contributed by atoms with Crippen LogP contribution in [-0.2, 0) is 18.3 Å². The molecule has 0 saturated heterocycles. The molecule has 1 N–H and O–H groups in total. The minimum absolute atomic E-state index is 0.0631. The monoisotopic (exact) mass is 258 g/mol. The molecule has 0 atom stereocenters. The molecule has 0 aliphatic heterocycles. The summed E-state index contributed by atoms with van der Waals surface area (Å²) in [6, 6.07) is 7.73. The van der Waals surface area contributed by atoms with Gasteiger partial charge >= 0.3 is 0 Å². The molecule has 0 spiro atoms. The van der Waals surface area contributed by atoms with E-state index < -0.39 is 0 Å². The lowest BCUT2D eigenvalue weighted by atomic mass is 10.2. The molecule has 1 aromatic heterocycles. The van der Waals surface area contributed by atoms with Crippen LogP contribution in [-0.4, -0.2) is 29.6 Å². The minimum atomic E-state index is -0.0631. The first-order chi connectivity index (χ1) is 9.06. The number of imidazole rings is 1. The molecular weight excluding hydrogens is 240 g/mol. The van der Waals surface area contributed by atoms with Crippen LogP contribution in [0.15, 0.2) is 36.7 Å². The fourth-order valence-corrected chi connectivity index (χ4v) is 1.76. The quantitative estimate of drug-likeness (QED) is 0.907. The first kappa shape index (κ1) is 13.1. The maximum Gasteiger partial charge on any atom is 0.231 e. The first-order valence-corrected chi connectivity index (χ1v) is 6.09. The summed E-state index contributed by atoms with van der Waals surface area (Å²) in [6.07, 6.45) is 3.79. The van der Waals surface area contributed by atoms with Gasteiger partial charge in [-0.15, -0.1) is 0 Å². The fourth-order valence-electron chi connectivity index (χ4n) is 1.76. The Labute approximate surface area is 112 Å². The number of amides is 1. The average molecular weight is 258 g/mol. The number of rotatable bonds is 4. The van der Waals surface area contributed by atoms with E-state index in [0.29, 0.717) is 0 Å². The van der Waals surface area contributed by atoms with Crippen LogP contribution in [0.5, 0.6) is 0 Å². The minimum Gasteiger partial charge on any atom is -0.378 e. The highest BCUT2D eigenvalue weighted by atomic mass is 16.1. The smallest absolute Gasteiger partial charge is 0.231 e.